The molecule has 0 radical (unpaired) electrons. The van der Waals surface area contributed by atoms with Crippen LogP contribution in [0.4, 0.5) is 10.1 Å². The van der Waals surface area contributed by atoms with Gasteiger partial charge in [-0.15, -0.1) is 0 Å². The number of sulfone groups is 1. The van der Waals surface area contributed by atoms with Crippen LogP contribution < -0.4 is 9.46 Å². The molecule has 0 spiro atoms. The molecule has 0 aliphatic carbocycles. The minimum atomic E-state index is -4.14. The molecule has 2 heterocycles. The third kappa shape index (κ3) is 4.51. The van der Waals surface area contributed by atoms with E-state index >= 15 is 0 Å². The lowest BCUT2D eigenvalue weighted by Crippen LogP contribution is -2.32. The van der Waals surface area contributed by atoms with Gasteiger partial charge in [0.25, 0.3) is 10.0 Å². The van der Waals surface area contributed by atoms with Crippen LogP contribution in [-0.4, -0.2) is 27.3 Å². The van der Waals surface area contributed by atoms with E-state index in [9.17, 15) is 21.2 Å². The Morgan fingerprint density at radius 2 is 1.87 bits per heavy atom. The molecule has 1 unspecified atom stereocenters. The maximum Gasteiger partial charge on any atom is 0.271 e. The summed E-state index contributed by atoms with van der Waals surface area (Å²) in [5.74, 6) is -1.17. The van der Waals surface area contributed by atoms with Crippen molar-refractivity contribution in [3.05, 3.63) is 82.9 Å². The van der Waals surface area contributed by atoms with Crippen molar-refractivity contribution in [2.75, 3.05) is 4.72 Å². The number of benzene rings is 2. The Balaban J connectivity index is 1.65. The molecule has 1 aliphatic heterocycles. The van der Waals surface area contributed by atoms with Gasteiger partial charge >= 0.3 is 0 Å². The summed E-state index contributed by atoms with van der Waals surface area (Å²) in [6.45, 7) is 0. The molecule has 162 valence electrons. The Kier molecular flexibility index (Phi) is 5.63. The van der Waals surface area contributed by atoms with Crippen LogP contribution in [0.25, 0.3) is 0 Å². The number of pyridine rings is 1. The quantitative estimate of drug-likeness (QED) is 0.539. The van der Waals surface area contributed by atoms with Gasteiger partial charge in [0.05, 0.1) is 16.3 Å². The summed E-state index contributed by atoms with van der Waals surface area (Å²) in [6, 6.07) is 13.3. The minimum absolute atomic E-state index is 0.106. The van der Waals surface area contributed by atoms with Gasteiger partial charge in [-0.3, -0.25) is 4.72 Å². The van der Waals surface area contributed by atoms with Crippen LogP contribution in [-0.2, 0) is 32.0 Å². The lowest BCUT2D eigenvalue weighted by Gasteiger charge is -2.17. The predicted molar refractivity (Wildman–Crippen MR) is 114 cm³/mol. The van der Waals surface area contributed by atoms with E-state index < -0.39 is 37.0 Å². The number of fused-ring (bicyclic) bond motifs is 1. The molecule has 0 fully saturated rings. The van der Waals surface area contributed by atoms with E-state index in [1.165, 1.54) is 36.5 Å². The number of sulfonamides is 1. The van der Waals surface area contributed by atoms with Gasteiger partial charge < -0.3 is 4.74 Å². The number of nitrogens with one attached hydrogen (secondary N) is 1. The van der Waals surface area contributed by atoms with Gasteiger partial charge in [0.1, 0.15) is 5.75 Å². The van der Waals surface area contributed by atoms with Crippen molar-refractivity contribution in [1.82, 2.24) is 4.98 Å². The highest BCUT2D eigenvalue weighted by Gasteiger charge is 2.35. The molecule has 31 heavy (non-hydrogen) atoms. The zero-order chi connectivity index (χ0) is 22.2. The first-order chi connectivity index (χ1) is 14.7. The zero-order valence-electron chi connectivity index (χ0n) is 15.8. The number of nitrogens with zero attached hydrogens (tertiary/aromatic N) is 1. The molecule has 11 heteroatoms. The maximum atomic E-state index is 13.9. The van der Waals surface area contributed by atoms with Crippen molar-refractivity contribution < 1.29 is 26.0 Å². The lowest BCUT2D eigenvalue weighted by atomic mass is 10.2. The van der Waals surface area contributed by atoms with E-state index in [2.05, 4.69) is 9.71 Å². The molecular formula is C20H16ClFN2O5S2. The third-order valence-electron chi connectivity index (χ3n) is 4.67. The third-order valence-corrected chi connectivity index (χ3v) is 8.09. The minimum Gasteiger partial charge on any atom is -0.472 e. The highest BCUT2D eigenvalue weighted by molar-refractivity contribution is 7.93. The first kappa shape index (κ1) is 21.5. The molecule has 1 N–H and O–H groups in total. The van der Waals surface area contributed by atoms with Crippen molar-refractivity contribution in [3.63, 3.8) is 0 Å². The first-order valence-electron chi connectivity index (χ1n) is 9.03. The number of hydrogen-bond acceptors (Lipinski definition) is 6. The van der Waals surface area contributed by atoms with Gasteiger partial charge in [-0.1, -0.05) is 35.9 Å². The molecule has 2 aromatic carbocycles. The van der Waals surface area contributed by atoms with E-state index in [-0.39, 0.29) is 27.6 Å². The van der Waals surface area contributed by atoms with E-state index in [0.29, 0.717) is 5.75 Å². The SMILES string of the molecule is O=S(=O)(Cc1cccnc1F)c1ccc(Cl)cc1NS(=O)(=O)C1Cc2ccccc2O1. The number of halogens is 2. The van der Waals surface area contributed by atoms with Crippen molar-refractivity contribution in [1.29, 1.82) is 0 Å². The standard InChI is InChI=1S/C20H16ClFN2O5S2/c21-15-7-8-18(30(25,26)12-14-5-3-9-23-20(14)22)16(11-15)24-31(27,28)19-10-13-4-1-2-6-17(13)29-19/h1-9,11,19,24H,10,12H2. The van der Waals surface area contributed by atoms with Crippen LogP contribution in [0.15, 0.2) is 65.7 Å². The Morgan fingerprint density at radius 1 is 1.10 bits per heavy atom. The van der Waals surface area contributed by atoms with Gasteiger partial charge in [-0.25, -0.2) is 21.8 Å². The topological polar surface area (TPSA) is 102 Å². The first-order valence-corrected chi connectivity index (χ1v) is 12.6. The average molecular weight is 483 g/mol. The smallest absolute Gasteiger partial charge is 0.271 e. The number of aromatic nitrogens is 1. The largest absolute Gasteiger partial charge is 0.472 e. The number of anilines is 1. The van der Waals surface area contributed by atoms with Crippen LogP contribution in [0.5, 0.6) is 5.75 Å². The molecule has 1 atom stereocenters. The highest BCUT2D eigenvalue weighted by atomic mass is 35.5. The van der Waals surface area contributed by atoms with Gasteiger partial charge in [-0.2, -0.15) is 4.39 Å². The molecule has 3 aromatic rings. The van der Waals surface area contributed by atoms with Crippen molar-refractivity contribution in [3.8, 4) is 5.75 Å². The van der Waals surface area contributed by atoms with Crippen LogP contribution in [0.3, 0.4) is 0 Å². The van der Waals surface area contributed by atoms with Crippen LogP contribution >= 0.6 is 11.6 Å². The summed E-state index contributed by atoms with van der Waals surface area (Å²) in [6.07, 6.45) is 1.31. The van der Waals surface area contributed by atoms with Crippen molar-refractivity contribution >= 4 is 37.1 Å². The fraction of sp³-hybridized carbons (Fsp3) is 0.150. The van der Waals surface area contributed by atoms with E-state index in [1.807, 2.05) is 0 Å². The molecule has 0 amide bonds. The normalized spacial score (nSPS) is 15.9. The molecule has 1 aromatic heterocycles. The number of ether oxygens (including phenoxy) is 1. The zero-order valence-corrected chi connectivity index (χ0v) is 18.2. The summed E-state index contributed by atoms with van der Waals surface area (Å²) < 4.78 is 73.5. The highest BCUT2D eigenvalue weighted by Crippen LogP contribution is 2.33. The van der Waals surface area contributed by atoms with Crippen LogP contribution in [0.2, 0.25) is 5.02 Å². The molecular weight excluding hydrogens is 467 g/mol. The van der Waals surface area contributed by atoms with Gasteiger partial charge in [0, 0.05) is 23.2 Å². The molecule has 7 nitrogen and oxygen atoms in total. The maximum absolute atomic E-state index is 13.9. The van der Waals surface area contributed by atoms with Crippen molar-refractivity contribution in [2.24, 2.45) is 0 Å². The van der Waals surface area contributed by atoms with Gasteiger partial charge in [-0.05, 0) is 35.9 Å². The second-order valence-electron chi connectivity index (χ2n) is 6.86. The second kappa shape index (κ2) is 8.10. The van der Waals surface area contributed by atoms with Gasteiger partial charge in [0.15, 0.2) is 9.84 Å². The van der Waals surface area contributed by atoms with E-state index in [4.69, 9.17) is 16.3 Å². The lowest BCUT2D eigenvalue weighted by molar-refractivity contribution is 0.307. The monoisotopic (exact) mass is 482 g/mol. The van der Waals surface area contributed by atoms with E-state index in [0.717, 1.165) is 5.56 Å². The summed E-state index contributed by atoms with van der Waals surface area (Å²) in [4.78, 5) is 3.11. The molecule has 1 aliphatic rings. The summed E-state index contributed by atoms with van der Waals surface area (Å²) in [5.41, 5.74) is -0.892. The molecule has 4 rings (SSSR count). The summed E-state index contributed by atoms with van der Waals surface area (Å²) >= 11 is 5.98. The number of rotatable bonds is 6. The Bertz CT molecular complexity index is 1340. The van der Waals surface area contributed by atoms with Gasteiger partial charge in [0.2, 0.25) is 11.4 Å². The number of para-hydroxylation sites is 1. The predicted octanol–water partition coefficient (Wildman–Crippen LogP) is 3.55. The molecule has 0 bridgehead atoms. The number of hydrogen-bond donors (Lipinski definition) is 1. The second-order valence-corrected chi connectivity index (χ2v) is 11.1. The van der Waals surface area contributed by atoms with Crippen LogP contribution in [0, 0.1) is 5.95 Å². The summed E-state index contributed by atoms with van der Waals surface area (Å²) in [5, 5.41) is 0.125. The fourth-order valence-electron chi connectivity index (χ4n) is 3.20. The van der Waals surface area contributed by atoms with Crippen LogP contribution in [0.1, 0.15) is 11.1 Å². The van der Waals surface area contributed by atoms with Crippen molar-refractivity contribution in [2.45, 2.75) is 22.5 Å². The average Bonchev–Trinajstić information content (AvgIpc) is 3.14. The fourth-order valence-corrected chi connectivity index (χ4v) is 6.18. The molecule has 0 saturated heterocycles. The van der Waals surface area contributed by atoms with E-state index in [1.54, 1.807) is 24.3 Å². The Hall–Kier alpha value is -2.69. The summed E-state index contributed by atoms with van der Waals surface area (Å²) in [7, 11) is -8.28. The Labute approximate surface area is 183 Å². The Morgan fingerprint density at radius 3 is 2.61 bits per heavy atom. The molecule has 0 saturated carbocycles.